The topological polar surface area (TPSA) is 84.9 Å². The van der Waals surface area contributed by atoms with E-state index in [0.717, 1.165) is 35.3 Å². The monoisotopic (exact) mass is 453 g/mol. The van der Waals surface area contributed by atoms with Crippen LogP contribution in [0.15, 0.2) is 42.5 Å². The van der Waals surface area contributed by atoms with Gasteiger partial charge >= 0.3 is 5.97 Å². The fraction of sp³-hybridized carbons (Fsp3) is 0.407. The van der Waals surface area contributed by atoms with Crippen LogP contribution in [0.2, 0.25) is 0 Å². The Bertz CT molecular complexity index is 944. The lowest BCUT2D eigenvalue weighted by atomic mass is 10.0. The Kier molecular flexibility index (Phi) is 10.5. The van der Waals surface area contributed by atoms with E-state index >= 15 is 0 Å². The first kappa shape index (κ1) is 26.0. The van der Waals surface area contributed by atoms with E-state index in [2.05, 4.69) is 19.2 Å². The van der Waals surface area contributed by atoms with Crippen LogP contribution < -0.4 is 14.8 Å². The fourth-order valence-corrected chi connectivity index (χ4v) is 3.56. The molecule has 0 fully saturated rings. The Morgan fingerprint density at radius 1 is 1.12 bits per heavy atom. The number of para-hydroxylation sites is 2. The maximum absolute atomic E-state index is 12.5. The molecule has 0 aromatic heterocycles. The molecule has 1 atom stereocenters. The number of aryl methyl sites for hydroxylation is 2. The average Bonchev–Trinajstić information content (AvgIpc) is 2.76. The smallest absolute Gasteiger partial charge is 0.303 e. The number of carbonyl (C=O) groups is 2. The fourth-order valence-electron chi connectivity index (χ4n) is 3.56. The van der Waals surface area contributed by atoms with E-state index in [1.807, 2.05) is 26.0 Å². The number of ether oxygens (including phenoxy) is 2. The van der Waals surface area contributed by atoms with Gasteiger partial charge in [0.15, 0.2) is 0 Å². The molecule has 1 amide bonds. The molecule has 2 aromatic carbocycles. The molecule has 0 heterocycles. The van der Waals surface area contributed by atoms with Crippen molar-refractivity contribution in [1.82, 2.24) is 0 Å². The zero-order chi connectivity index (χ0) is 24.2. The summed E-state index contributed by atoms with van der Waals surface area (Å²) in [6.07, 6.45) is 5.99. The highest BCUT2D eigenvalue weighted by molar-refractivity contribution is 6.02. The summed E-state index contributed by atoms with van der Waals surface area (Å²) >= 11 is 0. The molecule has 0 aliphatic carbocycles. The van der Waals surface area contributed by atoms with Gasteiger partial charge in [0.05, 0.1) is 18.9 Å². The largest absolute Gasteiger partial charge is 0.493 e. The zero-order valence-corrected chi connectivity index (χ0v) is 20.0. The Hall–Kier alpha value is -3.28. The average molecular weight is 454 g/mol. The minimum Gasteiger partial charge on any atom is -0.493 e. The highest BCUT2D eigenvalue weighted by Gasteiger charge is 2.09. The van der Waals surface area contributed by atoms with Gasteiger partial charge in [0.2, 0.25) is 5.91 Å². The summed E-state index contributed by atoms with van der Waals surface area (Å²) in [5.41, 5.74) is 3.55. The Labute approximate surface area is 196 Å². The van der Waals surface area contributed by atoms with Crippen molar-refractivity contribution in [2.45, 2.75) is 53.4 Å². The molecule has 2 N–H and O–H groups in total. The van der Waals surface area contributed by atoms with Crippen LogP contribution in [-0.2, 0) is 9.59 Å². The minimum atomic E-state index is -0.860. The number of carbonyl (C=O) groups excluding carboxylic acids is 1. The maximum Gasteiger partial charge on any atom is 0.303 e. The van der Waals surface area contributed by atoms with Gasteiger partial charge in [0.1, 0.15) is 11.5 Å². The molecule has 6 nitrogen and oxygen atoms in total. The lowest BCUT2D eigenvalue weighted by Gasteiger charge is -2.16. The van der Waals surface area contributed by atoms with Crippen molar-refractivity contribution in [3.05, 3.63) is 59.2 Å². The first-order chi connectivity index (χ1) is 15.8. The summed E-state index contributed by atoms with van der Waals surface area (Å²) in [6.45, 7) is 9.37. The van der Waals surface area contributed by atoms with Crippen molar-refractivity contribution in [3.8, 4) is 11.5 Å². The second-order valence-corrected chi connectivity index (χ2v) is 8.35. The number of hydrogen-bond acceptors (Lipinski definition) is 4. The molecule has 0 saturated heterocycles. The van der Waals surface area contributed by atoms with Crippen molar-refractivity contribution >= 4 is 23.6 Å². The van der Waals surface area contributed by atoms with Crippen molar-refractivity contribution in [2.24, 2.45) is 5.92 Å². The molecule has 6 heteroatoms. The van der Waals surface area contributed by atoms with Crippen molar-refractivity contribution in [3.63, 3.8) is 0 Å². The molecule has 0 spiro atoms. The van der Waals surface area contributed by atoms with Crippen LogP contribution in [0, 0.1) is 19.8 Å². The number of carboxylic acid groups (broad SMARTS) is 1. The SMILES string of the molecule is CCCC(C)COc1c(C)cc(C=CC(=O)Nc2ccccc2OCCCC(=O)O)cc1C. The number of anilines is 1. The van der Waals surface area contributed by atoms with E-state index in [1.54, 1.807) is 30.3 Å². The number of benzene rings is 2. The summed E-state index contributed by atoms with van der Waals surface area (Å²) in [4.78, 5) is 23.1. The number of rotatable bonds is 13. The van der Waals surface area contributed by atoms with Gasteiger partial charge in [-0.25, -0.2) is 0 Å². The molecule has 33 heavy (non-hydrogen) atoms. The minimum absolute atomic E-state index is 0.0394. The number of hydrogen-bond donors (Lipinski definition) is 2. The van der Waals surface area contributed by atoms with Crippen LogP contribution in [0.25, 0.3) is 6.08 Å². The summed E-state index contributed by atoms with van der Waals surface area (Å²) in [5, 5.41) is 11.6. The normalized spacial score (nSPS) is 11.9. The second kappa shape index (κ2) is 13.3. The number of carboxylic acids is 1. The number of aliphatic carboxylic acids is 1. The molecule has 0 bridgehead atoms. The third-order valence-corrected chi connectivity index (χ3v) is 5.14. The summed E-state index contributed by atoms with van der Waals surface area (Å²) in [5.74, 6) is 0.798. The van der Waals surface area contributed by atoms with Gasteiger partial charge in [-0.15, -0.1) is 0 Å². The molecular weight excluding hydrogens is 418 g/mol. The molecular formula is C27H35NO5. The standard InChI is InChI=1S/C27H35NO5/c1-5-9-19(2)18-33-27-20(3)16-22(17-21(27)4)13-14-25(29)28-23-10-6-7-11-24(23)32-15-8-12-26(30)31/h6-7,10-11,13-14,16-17,19H,5,8-9,12,15,18H2,1-4H3,(H,28,29)(H,30,31). The first-order valence-electron chi connectivity index (χ1n) is 11.5. The van der Waals surface area contributed by atoms with Gasteiger partial charge in [-0.3, -0.25) is 9.59 Å². The summed E-state index contributed by atoms with van der Waals surface area (Å²) in [7, 11) is 0. The Balaban J connectivity index is 1.98. The van der Waals surface area contributed by atoms with E-state index in [1.165, 1.54) is 6.08 Å². The van der Waals surface area contributed by atoms with Crippen molar-refractivity contribution in [2.75, 3.05) is 18.5 Å². The number of amides is 1. The van der Waals surface area contributed by atoms with Crippen LogP contribution in [0.3, 0.4) is 0 Å². The Morgan fingerprint density at radius 3 is 2.48 bits per heavy atom. The zero-order valence-electron chi connectivity index (χ0n) is 20.0. The molecule has 2 rings (SSSR count). The van der Waals surface area contributed by atoms with Crippen LogP contribution in [0.4, 0.5) is 5.69 Å². The highest BCUT2D eigenvalue weighted by Crippen LogP contribution is 2.27. The van der Waals surface area contributed by atoms with E-state index in [0.29, 0.717) is 30.4 Å². The van der Waals surface area contributed by atoms with Crippen LogP contribution in [0.5, 0.6) is 11.5 Å². The van der Waals surface area contributed by atoms with Crippen LogP contribution in [0.1, 0.15) is 56.2 Å². The predicted octanol–water partition coefficient (Wildman–Crippen LogP) is 6.01. The lowest BCUT2D eigenvalue weighted by Crippen LogP contribution is -2.10. The highest BCUT2D eigenvalue weighted by atomic mass is 16.5. The number of nitrogens with one attached hydrogen (secondary N) is 1. The van der Waals surface area contributed by atoms with Crippen LogP contribution in [-0.4, -0.2) is 30.2 Å². The second-order valence-electron chi connectivity index (χ2n) is 8.35. The van der Waals surface area contributed by atoms with E-state index in [-0.39, 0.29) is 18.9 Å². The van der Waals surface area contributed by atoms with E-state index < -0.39 is 5.97 Å². The lowest BCUT2D eigenvalue weighted by molar-refractivity contribution is -0.137. The molecule has 2 aromatic rings. The summed E-state index contributed by atoms with van der Waals surface area (Å²) < 4.78 is 11.7. The molecule has 0 saturated carbocycles. The first-order valence-corrected chi connectivity index (χ1v) is 11.5. The molecule has 0 radical (unpaired) electrons. The molecule has 0 aliphatic heterocycles. The van der Waals surface area contributed by atoms with Crippen molar-refractivity contribution in [1.29, 1.82) is 0 Å². The van der Waals surface area contributed by atoms with Crippen molar-refractivity contribution < 1.29 is 24.2 Å². The van der Waals surface area contributed by atoms with Crippen LogP contribution >= 0.6 is 0 Å². The van der Waals surface area contributed by atoms with E-state index in [4.69, 9.17) is 14.6 Å². The third-order valence-electron chi connectivity index (χ3n) is 5.14. The quantitative estimate of drug-likeness (QED) is 0.286. The predicted molar refractivity (Wildman–Crippen MR) is 132 cm³/mol. The van der Waals surface area contributed by atoms with Gasteiger partial charge in [-0.2, -0.15) is 0 Å². The van der Waals surface area contributed by atoms with Gasteiger partial charge in [0, 0.05) is 12.5 Å². The maximum atomic E-state index is 12.5. The summed E-state index contributed by atoms with van der Waals surface area (Å²) in [6, 6.07) is 11.1. The molecule has 178 valence electrons. The molecule has 1 unspecified atom stereocenters. The third kappa shape index (κ3) is 9.00. The molecule has 0 aliphatic rings. The van der Waals surface area contributed by atoms with Gasteiger partial charge < -0.3 is 19.9 Å². The van der Waals surface area contributed by atoms with Gasteiger partial charge in [-0.05, 0) is 79.6 Å². The van der Waals surface area contributed by atoms with E-state index in [9.17, 15) is 9.59 Å². The Morgan fingerprint density at radius 2 is 1.82 bits per heavy atom. The van der Waals surface area contributed by atoms with Gasteiger partial charge in [0.25, 0.3) is 0 Å². The van der Waals surface area contributed by atoms with Gasteiger partial charge in [-0.1, -0.05) is 32.4 Å².